The molecule has 5 rings (SSSR count). The summed E-state index contributed by atoms with van der Waals surface area (Å²) >= 11 is 0. The van der Waals surface area contributed by atoms with Gasteiger partial charge in [0.25, 0.3) is 0 Å². The fourth-order valence-corrected chi connectivity index (χ4v) is 4.05. The molecule has 3 heterocycles. The molecule has 0 atom stereocenters. The van der Waals surface area contributed by atoms with Crippen molar-refractivity contribution in [3.8, 4) is 22.4 Å². The largest absolute Gasteiger partial charge is 0.437 e. The molecule has 5 aromatic rings. The van der Waals surface area contributed by atoms with Crippen molar-refractivity contribution in [2.24, 2.45) is 7.05 Å². The van der Waals surface area contributed by atoms with Gasteiger partial charge in [0.05, 0.1) is 5.56 Å². The van der Waals surface area contributed by atoms with Gasteiger partial charge in [-0.15, -0.1) is 0 Å². The van der Waals surface area contributed by atoms with E-state index in [2.05, 4.69) is 91.2 Å². The number of aryl methyl sites for hydroxylation is 4. The maximum Gasteiger partial charge on any atom is 0.227 e. The van der Waals surface area contributed by atoms with Crippen molar-refractivity contribution < 1.29 is 8.98 Å². The van der Waals surface area contributed by atoms with Gasteiger partial charge in [-0.1, -0.05) is 42.0 Å². The Morgan fingerprint density at radius 2 is 1.62 bits per heavy atom. The van der Waals surface area contributed by atoms with Gasteiger partial charge in [-0.25, -0.2) is 9.55 Å². The topological polar surface area (TPSA) is 29.9 Å². The molecule has 2 aromatic carbocycles. The van der Waals surface area contributed by atoms with E-state index in [9.17, 15) is 0 Å². The van der Waals surface area contributed by atoms with E-state index in [1.54, 1.807) is 0 Å². The van der Waals surface area contributed by atoms with E-state index in [0.29, 0.717) is 5.71 Å². The Morgan fingerprint density at radius 1 is 0.828 bits per heavy atom. The zero-order valence-electron chi connectivity index (χ0n) is 17.2. The molecule has 0 unspecified atom stereocenters. The van der Waals surface area contributed by atoms with Gasteiger partial charge in [0.1, 0.15) is 7.05 Å². The van der Waals surface area contributed by atoms with Crippen molar-refractivity contribution in [1.29, 1.82) is 0 Å². The number of nitrogens with zero attached hydrogens (tertiary/aromatic N) is 2. The molecule has 0 aliphatic heterocycles. The van der Waals surface area contributed by atoms with Gasteiger partial charge < -0.3 is 4.42 Å². The SMILES string of the molecule is Cc1cccc(-c2cc[n+](C)c(-c3c(C)ccc4c3oc3nc(C)ccc34)c2)c1. The van der Waals surface area contributed by atoms with Gasteiger partial charge in [-0.3, -0.25) is 0 Å². The Labute approximate surface area is 170 Å². The van der Waals surface area contributed by atoms with Crippen LogP contribution in [0.25, 0.3) is 44.5 Å². The first-order chi connectivity index (χ1) is 14.0. The first-order valence-corrected chi connectivity index (χ1v) is 9.88. The van der Waals surface area contributed by atoms with E-state index in [-0.39, 0.29) is 0 Å². The van der Waals surface area contributed by atoms with E-state index in [1.165, 1.54) is 22.3 Å². The van der Waals surface area contributed by atoms with E-state index >= 15 is 0 Å². The lowest BCUT2D eigenvalue weighted by Gasteiger charge is -2.08. The molecule has 0 fully saturated rings. The number of hydrogen-bond donors (Lipinski definition) is 0. The highest BCUT2D eigenvalue weighted by Gasteiger charge is 2.21. The minimum Gasteiger partial charge on any atom is -0.437 e. The summed E-state index contributed by atoms with van der Waals surface area (Å²) in [5.41, 5.74) is 9.67. The highest BCUT2D eigenvalue weighted by molar-refractivity contribution is 6.08. The van der Waals surface area contributed by atoms with Crippen LogP contribution < -0.4 is 4.57 Å². The molecule has 0 aliphatic carbocycles. The van der Waals surface area contributed by atoms with Crippen LogP contribution in [0, 0.1) is 20.8 Å². The van der Waals surface area contributed by atoms with Crippen molar-refractivity contribution in [1.82, 2.24) is 4.98 Å². The molecule has 0 amide bonds. The summed E-state index contributed by atoms with van der Waals surface area (Å²) in [6.45, 7) is 6.26. The van der Waals surface area contributed by atoms with Crippen LogP contribution in [-0.4, -0.2) is 4.98 Å². The fraction of sp³-hybridized carbons (Fsp3) is 0.154. The maximum absolute atomic E-state index is 6.29. The summed E-state index contributed by atoms with van der Waals surface area (Å²) in [7, 11) is 2.08. The molecule has 142 valence electrons. The summed E-state index contributed by atoms with van der Waals surface area (Å²) in [5, 5.41) is 2.17. The van der Waals surface area contributed by atoms with E-state index in [4.69, 9.17) is 4.42 Å². The summed E-state index contributed by atoms with van der Waals surface area (Å²) in [6.07, 6.45) is 2.12. The average molecular weight is 379 g/mol. The second-order valence-corrected chi connectivity index (χ2v) is 7.82. The fourth-order valence-electron chi connectivity index (χ4n) is 4.05. The molecule has 0 bridgehead atoms. The smallest absolute Gasteiger partial charge is 0.227 e. The molecule has 0 radical (unpaired) electrons. The van der Waals surface area contributed by atoms with Gasteiger partial charge in [0.15, 0.2) is 11.8 Å². The van der Waals surface area contributed by atoms with Crippen LogP contribution in [0.1, 0.15) is 16.8 Å². The van der Waals surface area contributed by atoms with Crippen molar-refractivity contribution in [2.75, 3.05) is 0 Å². The van der Waals surface area contributed by atoms with Gasteiger partial charge in [-0.05, 0) is 49.6 Å². The van der Waals surface area contributed by atoms with Crippen LogP contribution in [0.4, 0.5) is 0 Å². The Hall–Kier alpha value is -3.46. The van der Waals surface area contributed by atoms with Crippen LogP contribution >= 0.6 is 0 Å². The molecule has 0 spiro atoms. The number of rotatable bonds is 2. The monoisotopic (exact) mass is 379 g/mol. The van der Waals surface area contributed by atoms with Gasteiger partial charge in [0, 0.05) is 28.6 Å². The van der Waals surface area contributed by atoms with E-state index in [1.807, 2.05) is 13.0 Å². The van der Waals surface area contributed by atoms with Gasteiger partial charge in [-0.2, -0.15) is 0 Å². The molecule has 0 N–H and O–H groups in total. The number of hydrogen-bond acceptors (Lipinski definition) is 2. The number of fused-ring (bicyclic) bond motifs is 3. The number of furan rings is 1. The summed E-state index contributed by atoms with van der Waals surface area (Å²) in [5.74, 6) is 0. The third-order valence-electron chi connectivity index (χ3n) is 5.61. The Morgan fingerprint density at radius 3 is 2.45 bits per heavy atom. The first kappa shape index (κ1) is 17.6. The molecule has 0 saturated carbocycles. The van der Waals surface area contributed by atoms with Gasteiger partial charge >= 0.3 is 0 Å². The Bertz CT molecular complexity index is 1400. The standard InChI is InChI=1S/C26H23N2O/c1-16-6-5-7-19(14-16)20-12-13-28(4)23(15-20)24-17(2)8-10-21-22-11-9-18(3)27-26(22)29-25(21)24/h5-15H,1-4H3/q+1. The van der Waals surface area contributed by atoms with Crippen molar-refractivity contribution in [2.45, 2.75) is 20.8 Å². The van der Waals surface area contributed by atoms with E-state index < -0.39 is 0 Å². The number of aromatic nitrogens is 2. The normalized spacial score (nSPS) is 11.4. The third-order valence-corrected chi connectivity index (χ3v) is 5.61. The van der Waals surface area contributed by atoms with Crippen LogP contribution in [-0.2, 0) is 7.05 Å². The number of pyridine rings is 2. The molecule has 3 aromatic heterocycles. The van der Waals surface area contributed by atoms with Crippen LogP contribution in [0.5, 0.6) is 0 Å². The van der Waals surface area contributed by atoms with Crippen LogP contribution in [0.3, 0.4) is 0 Å². The second kappa shape index (κ2) is 6.56. The van der Waals surface area contributed by atoms with Crippen LogP contribution in [0.2, 0.25) is 0 Å². The minimum absolute atomic E-state index is 0.698. The number of benzene rings is 2. The molecule has 0 saturated heterocycles. The highest BCUT2D eigenvalue weighted by Crippen LogP contribution is 2.37. The highest BCUT2D eigenvalue weighted by atomic mass is 16.3. The molecular weight excluding hydrogens is 356 g/mol. The molecule has 29 heavy (non-hydrogen) atoms. The first-order valence-electron chi connectivity index (χ1n) is 9.88. The quantitative estimate of drug-likeness (QED) is 0.349. The zero-order valence-corrected chi connectivity index (χ0v) is 17.2. The predicted octanol–water partition coefficient (Wildman–Crippen LogP) is 6.06. The average Bonchev–Trinajstić information content (AvgIpc) is 3.06. The molecule has 0 aliphatic rings. The minimum atomic E-state index is 0.698. The zero-order chi connectivity index (χ0) is 20.1. The maximum atomic E-state index is 6.29. The predicted molar refractivity (Wildman–Crippen MR) is 118 cm³/mol. The Balaban J connectivity index is 1.80. The molecule has 3 nitrogen and oxygen atoms in total. The van der Waals surface area contributed by atoms with Crippen molar-refractivity contribution >= 4 is 22.1 Å². The lowest BCUT2D eigenvalue weighted by Crippen LogP contribution is -2.30. The van der Waals surface area contributed by atoms with Gasteiger partial charge in [0.2, 0.25) is 11.4 Å². The lowest BCUT2D eigenvalue weighted by atomic mass is 9.97. The van der Waals surface area contributed by atoms with Crippen molar-refractivity contribution in [3.63, 3.8) is 0 Å². The third kappa shape index (κ3) is 2.90. The van der Waals surface area contributed by atoms with E-state index in [0.717, 1.165) is 33.3 Å². The summed E-state index contributed by atoms with van der Waals surface area (Å²) in [4.78, 5) is 4.60. The Kier molecular flexibility index (Phi) is 3.99. The summed E-state index contributed by atoms with van der Waals surface area (Å²) in [6, 6.07) is 21.5. The second-order valence-electron chi connectivity index (χ2n) is 7.82. The molecule has 3 heteroatoms. The summed E-state index contributed by atoms with van der Waals surface area (Å²) < 4.78 is 8.45. The van der Waals surface area contributed by atoms with Crippen LogP contribution in [0.15, 0.2) is 71.3 Å². The molecular formula is C26H23N2O+. The lowest BCUT2D eigenvalue weighted by molar-refractivity contribution is -0.660. The van der Waals surface area contributed by atoms with Crippen molar-refractivity contribution in [3.05, 3.63) is 83.7 Å².